The number of methoxy groups -OCH3 is 2. The molecule has 1 unspecified atom stereocenters. The highest BCUT2D eigenvalue weighted by atomic mass is 16.5. The molecule has 0 saturated heterocycles. The van der Waals surface area contributed by atoms with E-state index in [9.17, 15) is 4.79 Å². The summed E-state index contributed by atoms with van der Waals surface area (Å²) in [4.78, 5) is 17.7. The molecule has 5 rings (SSSR count). The number of aryl methyl sites for hydroxylation is 1. The highest BCUT2D eigenvalue weighted by molar-refractivity contribution is 6.04. The lowest BCUT2D eigenvalue weighted by Crippen LogP contribution is -2.27. The molecule has 2 heterocycles. The van der Waals surface area contributed by atoms with Gasteiger partial charge in [0, 0.05) is 34.7 Å². The number of hydrogen-bond donors (Lipinski definition) is 1. The van der Waals surface area contributed by atoms with Gasteiger partial charge in [-0.3, -0.25) is 9.78 Å². The molecule has 1 atom stereocenters. The van der Waals surface area contributed by atoms with E-state index in [1.807, 2.05) is 31.2 Å². The molecule has 152 valence electrons. The summed E-state index contributed by atoms with van der Waals surface area (Å²) < 4.78 is 11.0. The van der Waals surface area contributed by atoms with Crippen LogP contribution < -0.4 is 14.8 Å². The Morgan fingerprint density at radius 2 is 1.83 bits per heavy atom. The maximum absolute atomic E-state index is 13.0. The number of allylic oxidation sites excluding steroid dienone is 2. The zero-order valence-corrected chi connectivity index (χ0v) is 17.4. The van der Waals surface area contributed by atoms with Crippen molar-refractivity contribution in [2.24, 2.45) is 0 Å². The van der Waals surface area contributed by atoms with Crippen molar-refractivity contribution in [2.45, 2.75) is 32.1 Å². The van der Waals surface area contributed by atoms with Gasteiger partial charge in [0.25, 0.3) is 0 Å². The van der Waals surface area contributed by atoms with E-state index in [-0.39, 0.29) is 11.7 Å². The van der Waals surface area contributed by atoms with Gasteiger partial charge in [0.15, 0.2) is 17.3 Å². The van der Waals surface area contributed by atoms with Crippen molar-refractivity contribution < 1.29 is 14.3 Å². The summed E-state index contributed by atoms with van der Waals surface area (Å²) >= 11 is 0. The second-order valence-electron chi connectivity index (χ2n) is 7.89. The first-order valence-electron chi connectivity index (χ1n) is 10.3. The van der Waals surface area contributed by atoms with Crippen LogP contribution in [0.1, 0.15) is 42.0 Å². The predicted octanol–water partition coefficient (Wildman–Crippen LogP) is 5.12. The molecule has 1 aliphatic heterocycles. The average Bonchev–Trinajstić information content (AvgIpc) is 2.77. The molecule has 0 saturated carbocycles. The maximum Gasteiger partial charge on any atom is 0.161 e. The summed E-state index contributed by atoms with van der Waals surface area (Å²) in [6.45, 7) is 2.00. The van der Waals surface area contributed by atoms with Crippen LogP contribution in [0.4, 0.5) is 5.69 Å². The number of nitrogens with zero attached hydrogens (tertiary/aromatic N) is 1. The van der Waals surface area contributed by atoms with Gasteiger partial charge < -0.3 is 14.8 Å². The molecule has 3 aromatic rings. The Hall–Kier alpha value is -3.34. The first-order valence-corrected chi connectivity index (χ1v) is 10.3. The standard InChI is InChI=1S/C25H24N2O3/c1-14-7-9-16-18(26-14)11-10-17-23(15-8-12-21(29-2)22(13-15)30-3)24-19(27-25(16)17)5-4-6-20(24)28/h7-13,23,27H,4-6H2,1-3H3. The molecule has 2 aliphatic rings. The number of aromatic nitrogens is 1. The molecule has 1 aliphatic carbocycles. The van der Waals surface area contributed by atoms with E-state index >= 15 is 0 Å². The molecule has 1 N–H and O–H groups in total. The summed E-state index contributed by atoms with van der Waals surface area (Å²) in [5.74, 6) is 1.42. The van der Waals surface area contributed by atoms with Crippen LogP contribution in [0.25, 0.3) is 10.9 Å². The van der Waals surface area contributed by atoms with Crippen LogP contribution in [-0.2, 0) is 4.79 Å². The lowest BCUT2D eigenvalue weighted by Gasteiger charge is -2.35. The summed E-state index contributed by atoms with van der Waals surface area (Å²) in [6, 6.07) is 14.2. The molecule has 2 aromatic carbocycles. The van der Waals surface area contributed by atoms with Crippen molar-refractivity contribution in [2.75, 3.05) is 19.5 Å². The van der Waals surface area contributed by atoms with Crippen molar-refractivity contribution >= 4 is 22.4 Å². The SMILES string of the molecule is COc1ccc(C2C3=C(CCCC3=O)Nc3c2ccc2nc(C)ccc32)cc1OC. The largest absolute Gasteiger partial charge is 0.493 e. The predicted molar refractivity (Wildman–Crippen MR) is 117 cm³/mol. The normalized spacial score (nSPS) is 18.0. The number of ketones is 1. The third-order valence-electron chi connectivity index (χ3n) is 6.12. The van der Waals surface area contributed by atoms with Gasteiger partial charge in [-0.1, -0.05) is 12.1 Å². The van der Waals surface area contributed by atoms with Crippen LogP contribution in [0.15, 0.2) is 53.7 Å². The topological polar surface area (TPSA) is 60.5 Å². The van der Waals surface area contributed by atoms with E-state index in [2.05, 4.69) is 23.5 Å². The van der Waals surface area contributed by atoms with E-state index in [4.69, 9.17) is 14.5 Å². The Bertz CT molecular complexity index is 1210. The van der Waals surface area contributed by atoms with Crippen molar-refractivity contribution in [3.8, 4) is 11.5 Å². The molecule has 0 spiro atoms. The van der Waals surface area contributed by atoms with Crippen molar-refractivity contribution in [1.82, 2.24) is 4.98 Å². The van der Waals surface area contributed by atoms with Crippen LogP contribution in [0.3, 0.4) is 0 Å². The van der Waals surface area contributed by atoms with Gasteiger partial charge in [-0.25, -0.2) is 0 Å². The number of pyridine rings is 1. The van der Waals surface area contributed by atoms with Gasteiger partial charge in [-0.2, -0.15) is 0 Å². The summed E-state index contributed by atoms with van der Waals surface area (Å²) in [5, 5.41) is 4.68. The number of carbonyl (C=O) groups excluding carboxylic acids is 1. The van der Waals surface area contributed by atoms with E-state index in [0.717, 1.165) is 57.5 Å². The molecule has 0 bridgehead atoms. The summed E-state index contributed by atoms with van der Waals surface area (Å²) in [7, 11) is 3.26. The minimum absolute atomic E-state index is 0.144. The average molecular weight is 400 g/mol. The quantitative estimate of drug-likeness (QED) is 0.661. The third kappa shape index (κ3) is 2.84. The van der Waals surface area contributed by atoms with Gasteiger partial charge in [0.05, 0.1) is 25.4 Å². The number of fused-ring (bicyclic) bond motifs is 3. The summed E-state index contributed by atoms with van der Waals surface area (Å²) in [6.07, 6.45) is 2.34. The Morgan fingerprint density at radius 3 is 2.63 bits per heavy atom. The van der Waals surface area contributed by atoms with Crippen LogP contribution in [0.5, 0.6) is 11.5 Å². The van der Waals surface area contributed by atoms with Crippen LogP contribution in [0, 0.1) is 6.92 Å². The Morgan fingerprint density at radius 1 is 1.00 bits per heavy atom. The number of carbonyl (C=O) groups is 1. The Kier molecular flexibility index (Phi) is 4.46. The molecule has 0 radical (unpaired) electrons. The van der Waals surface area contributed by atoms with Gasteiger partial charge in [0.2, 0.25) is 0 Å². The van der Waals surface area contributed by atoms with Gasteiger partial charge in [-0.15, -0.1) is 0 Å². The minimum Gasteiger partial charge on any atom is -0.493 e. The Balaban J connectivity index is 1.77. The Labute approximate surface area is 175 Å². The second kappa shape index (κ2) is 7.17. The fourth-order valence-electron chi connectivity index (χ4n) is 4.72. The van der Waals surface area contributed by atoms with Gasteiger partial charge in [-0.05, 0) is 61.2 Å². The number of benzene rings is 2. The van der Waals surface area contributed by atoms with Crippen LogP contribution >= 0.6 is 0 Å². The highest BCUT2D eigenvalue weighted by Gasteiger charge is 2.36. The number of ether oxygens (including phenoxy) is 2. The highest BCUT2D eigenvalue weighted by Crippen LogP contribution is 2.48. The molecule has 5 heteroatoms. The zero-order chi connectivity index (χ0) is 20.8. The molecule has 0 fully saturated rings. The number of rotatable bonds is 3. The molecule has 1 aromatic heterocycles. The first kappa shape index (κ1) is 18.7. The first-order chi connectivity index (χ1) is 14.6. The van der Waals surface area contributed by atoms with Crippen molar-refractivity contribution in [3.63, 3.8) is 0 Å². The summed E-state index contributed by atoms with van der Waals surface area (Å²) in [5.41, 5.74) is 7.02. The lowest BCUT2D eigenvalue weighted by atomic mass is 9.75. The fraction of sp³-hybridized carbons (Fsp3) is 0.280. The van der Waals surface area contributed by atoms with Gasteiger partial charge in [0.1, 0.15) is 0 Å². The smallest absolute Gasteiger partial charge is 0.161 e. The lowest BCUT2D eigenvalue weighted by molar-refractivity contribution is -0.116. The molecular weight excluding hydrogens is 376 g/mol. The van der Waals surface area contributed by atoms with E-state index in [1.54, 1.807) is 14.2 Å². The monoisotopic (exact) mass is 400 g/mol. The maximum atomic E-state index is 13.0. The van der Waals surface area contributed by atoms with Crippen LogP contribution in [-0.4, -0.2) is 25.0 Å². The molecule has 30 heavy (non-hydrogen) atoms. The van der Waals surface area contributed by atoms with Gasteiger partial charge >= 0.3 is 0 Å². The molecular formula is C25H24N2O3. The number of Topliss-reactive ketones (excluding diaryl/α,β-unsaturated/α-hetero) is 1. The third-order valence-corrected chi connectivity index (χ3v) is 6.12. The number of nitrogens with one attached hydrogen (secondary N) is 1. The van der Waals surface area contributed by atoms with E-state index in [0.29, 0.717) is 17.9 Å². The minimum atomic E-state index is -0.144. The van der Waals surface area contributed by atoms with E-state index in [1.165, 1.54) is 0 Å². The van der Waals surface area contributed by atoms with Crippen molar-refractivity contribution in [1.29, 1.82) is 0 Å². The fourth-order valence-corrected chi connectivity index (χ4v) is 4.72. The zero-order valence-electron chi connectivity index (χ0n) is 17.4. The van der Waals surface area contributed by atoms with Crippen LogP contribution in [0.2, 0.25) is 0 Å². The van der Waals surface area contributed by atoms with E-state index < -0.39 is 0 Å². The number of hydrogen-bond acceptors (Lipinski definition) is 5. The van der Waals surface area contributed by atoms with Crippen molar-refractivity contribution in [3.05, 3.63) is 70.6 Å². The molecule has 0 amide bonds. The molecule has 5 nitrogen and oxygen atoms in total. The number of anilines is 1. The second-order valence-corrected chi connectivity index (χ2v) is 7.89.